The maximum absolute atomic E-state index is 10.8. The average Bonchev–Trinajstić information content (AvgIpc) is 2.31. The van der Waals surface area contributed by atoms with E-state index < -0.39 is 0 Å². The summed E-state index contributed by atoms with van der Waals surface area (Å²) in [6.45, 7) is 1.28. The first-order valence-corrected chi connectivity index (χ1v) is 3.71. The van der Waals surface area contributed by atoms with Gasteiger partial charge in [0.2, 0.25) is 0 Å². The Bertz CT molecular complexity index is 125. The van der Waals surface area contributed by atoms with Gasteiger partial charge in [-0.25, -0.2) is 0 Å². The number of ether oxygens (including phenoxy) is 1. The number of carbonyl (C=O) groups excluding carboxylic acids is 1. The molecule has 1 heterocycles. The molecule has 1 aliphatic rings. The number of cyclic esters (lactones) is 1. The monoisotopic (exact) mass is 143 g/mol. The average molecular weight is 143 g/mol. The Morgan fingerprint density at radius 2 is 2.50 bits per heavy atom. The van der Waals surface area contributed by atoms with Crippen molar-refractivity contribution < 1.29 is 9.53 Å². The Morgan fingerprint density at radius 3 is 3.00 bits per heavy atom. The molecule has 1 aliphatic heterocycles. The molecule has 0 aliphatic carbocycles. The van der Waals surface area contributed by atoms with Crippen molar-refractivity contribution in [1.82, 2.24) is 0 Å². The SMILES string of the molecule is NCCCC1CCOC1=O. The molecule has 1 fully saturated rings. The highest BCUT2D eigenvalue weighted by Gasteiger charge is 2.25. The van der Waals surface area contributed by atoms with Crippen LogP contribution in [0.25, 0.3) is 0 Å². The summed E-state index contributed by atoms with van der Waals surface area (Å²) in [5.74, 6) is 0.108. The smallest absolute Gasteiger partial charge is 0.309 e. The molecular formula is C7H13NO2. The molecule has 3 heteroatoms. The number of hydrogen-bond acceptors (Lipinski definition) is 3. The fourth-order valence-electron chi connectivity index (χ4n) is 1.16. The van der Waals surface area contributed by atoms with Crippen molar-refractivity contribution in [3.63, 3.8) is 0 Å². The van der Waals surface area contributed by atoms with E-state index in [2.05, 4.69) is 0 Å². The predicted octanol–water partition coefficient (Wildman–Crippen LogP) is 0.288. The zero-order valence-corrected chi connectivity index (χ0v) is 6.01. The van der Waals surface area contributed by atoms with Crippen LogP contribution in [0.3, 0.4) is 0 Å². The fourth-order valence-corrected chi connectivity index (χ4v) is 1.16. The summed E-state index contributed by atoms with van der Waals surface area (Å²) < 4.78 is 4.78. The van der Waals surface area contributed by atoms with Crippen molar-refractivity contribution >= 4 is 5.97 Å². The van der Waals surface area contributed by atoms with E-state index in [1.807, 2.05) is 0 Å². The highest BCUT2D eigenvalue weighted by Crippen LogP contribution is 2.18. The molecule has 0 radical (unpaired) electrons. The van der Waals surface area contributed by atoms with Gasteiger partial charge in [0.1, 0.15) is 0 Å². The lowest BCUT2D eigenvalue weighted by molar-refractivity contribution is -0.141. The molecule has 1 unspecified atom stereocenters. The van der Waals surface area contributed by atoms with Crippen molar-refractivity contribution in [3.8, 4) is 0 Å². The topological polar surface area (TPSA) is 52.3 Å². The summed E-state index contributed by atoms with van der Waals surface area (Å²) in [6, 6.07) is 0. The maximum atomic E-state index is 10.8. The summed E-state index contributed by atoms with van der Waals surface area (Å²) in [7, 11) is 0. The van der Waals surface area contributed by atoms with Gasteiger partial charge in [-0.3, -0.25) is 4.79 Å². The summed E-state index contributed by atoms with van der Waals surface area (Å²) in [5, 5.41) is 0. The molecule has 3 nitrogen and oxygen atoms in total. The number of hydrogen-bond donors (Lipinski definition) is 1. The van der Waals surface area contributed by atoms with Crippen LogP contribution in [0.15, 0.2) is 0 Å². The van der Waals surface area contributed by atoms with Gasteiger partial charge in [-0.1, -0.05) is 0 Å². The Balaban J connectivity index is 2.20. The number of rotatable bonds is 3. The van der Waals surface area contributed by atoms with Crippen LogP contribution in [0, 0.1) is 5.92 Å². The third kappa shape index (κ3) is 1.70. The third-order valence-electron chi connectivity index (χ3n) is 1.80. The van der Waals surface area contributed by atoms with Crippen molar-refractivity contribution in [2.24, 2.45) is 11.7 Å². The Hall–Kier alpha value is -0.570. The first-order chi connectivity index (χ1) is 4.84. The zero-order chi connectivity index (χ0) is 7.40. The molecule has 0 aromatic rings. The standard InChI is InChI=1S/C7H13NO2/c8-4-1-2-6-3-5-10-7(6)9/h6H,1-5,8H2. The van der Waals surface area contributed by atoms with E-state index in [-0.39, 0.29) is 11.9 Å². The minimum absolute atomic E-state index is 0.0338. The van der Waals surface area contributed by atoms with Crippen molar-refractivity contribution in [2.45, 2.75) is 19.3 Å². The van der Waals surface area contributed by atoms with Gasteiger partial charge in [-0.15, -0.1) is 0 Å². The lowest BCUT2D eigenvalue weighted by Crippen LogP contribution is -2.09. The zero-order valence-electron chi connectivity index (χ0n) is 6.01. The van der Waals surface area contributed by atoms with Gasteiger partial charge >= 0.3 is 5.97 Å². The minimum atomic E-state index is -0.0338. The van der Waals surface area contributed by atoms with Gasteiger partial charge < -0.3 is 10.5 Å². The molecule has 0 bridgehead atoms. The Labute approximate surface area is 60.5 Å². The molecule has 0 aromatic carbocycles. The van der Waals surface area contributed by atoms with Gasteiger partial charge in [0, 0.05) is 0 Å². The molecule has 0 aromatic heterocycles. The van der Waals surface area contributed by atoms with Crippen LogP contribution >= 0.6 is 0 Å². The quantitative estimate of drug-likeness (QED) is 0.578. The molecule has 1 saturated heterocycles. The lowest BCUT2D eigenvalue weighted by Gasteiger charge is -2.01. The van der Waals surface area contributed by atoms with E-state index in [4.69, 9.17) is 10.5 Å². The lowest BCUT2D eigenvalue weighted by atomic mass is 10.0. The van der Waals surface area contributed by atoms with Gasteiger partial charge in [0.25, 0.3) is 0 Å². The van der Waals surface area contributed by atoms with E-state index in [0.717, 1.165) is 19.3 Å². The van der Waals surface area contributed by atoms with Crippen LogP contribution in [0.1, 0.15) is 19.3 Å². The second-order valence-electron chi connectivity index (χ2n) is 2.58. The van der Waals surface area contributed by atoms with Crippen LogP contribution in [-0.2, 0) is 9.53 Å². The fraction of sp³-hybridized carbons (Fsp3) is 0.857. The van der Waals surface area contributed by atoms with Crippen molar-refractivity contribution in [2.75, 3.05) is 13.2 Å². The summed E-state index contributed by atoms with van der Waals surface area (Å²) in [6.07, 6.45) is 2.72. The second kappa shape index (κ2) is 3.56. The van der Waals surface area contributed by atoms with Crippen LogP contribution in [-0.4, -0.2) is 19.1 Å². The normalized spacial score (nSPS) is 24.9. The first kappa shape index (κ1) is 7.54. The first-order valence-electron chi connectivity index (χ1n) is 3.71. The molecule has 1 atom stereocenters. The molecule has 58 valence electrons. The summed E-state index contributed by atoms with van der Waals surface area (Å²) >= 11 is 0. The van der Waals surface area contributed by atoms with Crippen LogP contribution < -0.4 is 5.73 Å². The van der Waals surface area contributed by atoms with Gasteiger partial charge in [-0.2, -0.15) is 0 Å². The second-order valence-corrected chi connectivity index (χ2v) is 2.58. The number of esters is 1. The predicted molar refractivity (Wildman–Crippen MR) is 37.4 cm³/mol. The van der Waals surface area contributed by atoms with Gasteiger partial charge in [0.15, 0.2) is 0 Å². The molecule has 2 N–H and O–H groups in total. The van der Waals surface area contributed by atoms with Crippen molar-refractivity contribution in [3.05, 3.63) is 0 Å². The molecule has 0 amide bonds. The van der Waals surface area contributed by atoms with E-state index in [1.165, 1.54) is 0 Å². The van der Waals surface area contributed by atoms with Crippen molar-refractivity contribution in [1.29, 1.82) is 0 Å². The Morgan fingerprint density at radius 1 is 1.70 bits per heavy atom. The molecule has 0 saturated carbocycles. The number of carbonyl (C=O) groups is 1. The number of nitrogens with two attached hydrogens (primary N) is 1. The molecule has 0 spiro atoms. The van der Waals surface area contributed by atoms with Crippen LogP contribution in [0.4, 0.5) is 0 Å². The van der Waals surface area contributed by atoms with Crippen LogP contribution in [0.5, 0.6) is 0 Å². The Kier molecular flexibility index (Phi) is 2.68. The highest BCUT2D eigenvalue weighted by atomic mass is 16.5. The summed E-state index contributed by atoms with van der Waals surface area (Å²) in [4.78, 5) is 10.8. The largest absolute Gasteiger partial charge is 0.465 e. The van der Waals surface area contributed by atoms with E-state index in [0.29, 0.717) is 13.2 Å². The molecular weight excluding hydrogens is 130 g/mol. The van der Waals surface area contributed by atoms with Gasteiger partial charge in [0.05, 0.1) is 12.5 Å². The molecule has 10 heavy (non-hydrogen) atoms. The highest BCUT2D eigenvalue weighted by molar-refractivity contribution is 5.73. The third-order valence-corrected chi connectivity index (χ3v) is 1.80. The van der Waals surface area contributed by atoms with E-state index in [1.54, 1.807) is 0 Å². The molecule has 1 rings (SSSR count). The van der Waals surface area contributed by atoms with E-state index in [9.17, 15) is 4.79 Å². The maximum Gasteiger partial charge on any atom is 0.309 e. The van der Waals surface area contributed by atoms with Crippen LogP contribution in [0.2, 0.25) is 0 Å². The summed E-state index contributed by atoms with van der Waals surface area (Å²) in [5.41, 5.74) is 5.30. The minimum Gasteiger partial charge on any atom is -0.465 e. The van der Waals surface area contributed by atoms with E-state index >= 15 is 0 Å². The van der Waals surface area contributed by atoms with Gasteiger partial charge in [-0.05, 0) is 25.8 Å².